The fraction of sp³-hybridized carbons (Fsp3) is 0.438. The molecular weight excluding hydrogens is 276 g/mol. The monoisotopic (exact) mass is 298 g/mol. The van der Waals surface area contributed by atoms with Crippen LogP contribution in [0.1, 0.15) is 25.3 Å². The third-order valence-corrected chi connectivity index (χ3v) is 4.15. The molecule has 6 nitrogen and oxygen atoms in total. The third-order valence-electron chi connectivity index (χ3n) is 4.15. The van der Waals surface area contributed by atoms with Crippen molar-refractivity contribution in [2.45, 2.75) is 26.3 Å². The minimum absolute atomic E-state index is 0.607. The number of nitrogens with zero attached hydrogens (tertiary/aromatic N) is 5. The molecule has 1 saturated heterocycles. The Hall–Kier alpha value is -2.37. The van der Waals surface area contributed by atoms with Crippen LogP contribution < -0.4 is 5.73 Å². The van der Waals surface area contributed by atoms with Gasteiger partial charge in [0.25, 0.3) is 0 Å². The van der Waals surface area contributed by atoms with Crippen LogP contribution in [0.3, 0.4) is 0 Å². The largest absolute Gasteiger partial charge is 0.370 e. The molecule has 1 fully saturated rings. The molecule has 0 aliphatic carbocycles. The van der Waals surface area contributed by atoms with Gasteiger partial charge in [-0.2, -0.15) is 5.10 Å². The van der Waals surface area contributed by atoms with Gasteiger partial charge in [0.1, 0.15) is 12.7 Å². The zero-order valence-corrected chi connectivity index (χ0v) is 12.9. The van der Waals surface area contributed by atoms with Crippen molar-refractivity contribution in [2.75, 3.05) is 13.1 Å². The lowest BCUT2D eigenvalue weighted by molar-refractivity contribution is 0.277. The summed E-state index contributed by atoms with van der Waals surface area (Å²) in [5.74, 6) is 1.46. The molecule has 3 rings (SSSR count). The molecule has 0 saturated carbocycles. The Bertz CT molecular complexity index is 609. The van der Waals surface area contributed by atoms with E-state index in [2.05, 4.69) is 26.9 Å². The molecule has 1 aromatic heterocycles. The van der Waals surface area contributed by atoms with Gasteiger partial charge in [0.15, 0.2) is 5.96 Å². The molecule has 22 heavy (non-hydrogen) atoms. The van der Waals surface area contributed by atoms with Crippen molar-refractivity contribution in [3.8, 4) is 5.69 Å². The van der Waals surface area contributed by atoms with E-state index in [-0.39, 0.29) is 0 Å². The normalized spacial score (nSPS) is 17.0. The van der Waals surface area contributed by atoms with Gasteiger partial charge in [-0.25, -0.2) is 14.7 Å². The lowest BCUT2D eigenvalue weighted by Gasteiger charge is -2.31. The van der Waals surface area contributed by atoms with Crippen molar-refractivity contribution in [2.24, 2.45) is 16.6 Å². The van der Waals surface area contributed by atoms with Crippen LogP contribution in [0.5, 0.6) is 0 Å². The second-order valence-electron chi connectivity index (χ2n) is 5.85. The Balaban J connectivity index is 1.60. The molecule has 6 heteroatoms. The van der Waals surface area contributed by atoms with Crippen molar-refractivity contribution >= 4 is 5.96 Å². The number of aromatic nitrogens is 3. The molecule has 0 unspecified atom stereocenters. The minimum atomic E-state index is 0.607. The van der Waals surface area contributed by atoms with E-state index in [1.165, 1.54) is 19.2 Å². The summed E-state index contributed by atoms with van der Waals surface area (Å²) < 4.78 is 1.73. The van der Waals surface area contributed by atoms with Gasteiger partial charge in [-0.15, -0.1) is 0 Å². The average Bonchev–Trinajstić information content (AvgIpc) is 3.08. The molecule has 0 atom stereocenters. The molecule has 2 N–H and O–H groups in total. The number of nitrogens with two attached hydrogens (primary N) is 1. The molecule has 1 aliphatic rings. The number of benzene rings is 1. The topological polar surface area (TPSA) is 72.3 Å². The lowest BCUT2D eigenvalue weighted by atomic mass is 10.00. The smallest absolute Gasteiger partial charge is 0.191 e. The Kier molecular flexibility index (Phi) is 4.37. The second-order valence-corrected chi connectivity index (χ2v) is 5.85. The minimum Gasteiger partial charge on any atom is -0.370 e. The van der Waals surface area contributed by atoms with Crippen molar-refractivity contribution in [3.05, 3.63) is 42.5 Å². The standard InChI is InChI=1S/C16H22N6/c1-13-6-8-21(9-7-13)16(17)19-10-14-2-4-15(5-3-14)22-12-18-11-20-22/h2-5,11-13H,6-10H2,1H3,(H2,17,19). The van der Waals surface area contributed by atoms with Crippen LogP contribution in [-0.4, -0.2) is 38.7 Å². The van der Waals surface area contributed by atoms with Crippen LogP contribution in [0, 0.1) is 5.92 Å². The first kappa shape index (κ1) is 14.6. The maximum atomic E-state index is 6.10. The van der Waals surface area contributed by atoms with E-state index in [0.717, 1.165) is 30.3 Å². The highest BCUT2D eigenvalue weighted by Gasteiger charge is 2.16. The third kappa shape index (κ3) is 3.44. The number of piperidine rings is 1. The number of guanidine groups is 1. The number of hydrogen-bond donors (Lipinski definition) is 1. The summed E-state index contributed by atoms with van der Waals surface area (Å²) in [6.07, 6.45) is 5.60. The first-order valence-corrected chi connectivity index (χ1v) is 7.71. The van der Waals surface area contributed by atoms with Crippen molar-refractivity contribution in [3.63, 3.8) is 0 Å². The molecule has 0 amide bonds. The first-order valence-electron chi connectivity index (χ1n) is 7.71. The van der Waals surface area contributed by atoms with E-state index in [1.54, 1.807) is 11.0 Å². The molecule has 2 aromatic rings. The SMILES string of the molecule is CC1CCN(C(N)=NCc2ccc(-n3cncn3)cc2)CC1. The summed E-state index contributed by atoms with van der Waals surface area (Å²) in [4.78, 5) is 10.7. The zero-order valence-electron chi connectivity index (χ0n) is 12.9. The number of aliphatic imine (C=N–C) groups is 1. The van der Waals surface area contributed by atoms with Gasteiger partial charge in [0.2, 0.25) is 0 Å². The van der Waals surface area contributed by atoms with Crippen LogP contribution in [0.2, 0.25) is 0 Å². The van der Waals surface area contributed by atoms with Gasteiger partial charge in [0.05, 0.1) is 12.2 Å². The molecule has 1 aliphatic heterocycles. The molecule has 0 bridgehead atoms. The van der Waals surface area contributed by atoms with Crippen LogP contribution >= 0.6 is 0 Å². The van der Waals surface area contributed by atoms with Crippen LogP contribution in [0.15, 0.2) is 41.9 Å². The first-order chi connectivity index (χ1) is 10.7. The molecule has 116 valence electrons. The highest BCUT2D eigenvalue weighted by molar-refractivity contribution is 5.78. The number of likely N-dealkylation sites (tertiary alicyclic amines) is 1. The quantitative estimate of drug-likeness (QED) is 0.693. The van der Waals surface area contributed by atoms with Gasteiger partial charge >= 0.3 is 0 Å². The molecular formula is C16H22N6. The fourth-order valence-electron chi connectivity index (χ4n) is 2.61. The van der Waals surface area contributed by atoms with Crippen molar-refractivity contribution in [1.82, 2.24) is 19.7 Å². The number of hydrogen-bond acceptors (Lipinski definition) is 3. The Morgan fingerprint density at radius 1 is 1.27 bits per heavy atom. The predicted octanol–water partition coefficient (Wildman–Crippen LogP) is 1.81. The Labute approximate surface area is 130 Å². The second kappa shape index (κ2) is 6.60. The summed E-state index contributed by atoms with van der Waals surface area (Å²) in [6.45, 7) is 4.93. The summed E-state index contributed by atoms with van der Waals surface area (Å²) in [5, 5.41) is 4.11. The van der Waals surface area contributed by atoms with Gasteiger partial charge in [-0.05, 0) is 36.5 Å². The van der Waals surface area contributed by atoms with Gasteiger partial charge < -0.3 is 10.6 Å². The molecule has 1 aromatic carbocycles. The highest BCUT2D eigenvalue weighted by atomic mass is 15.3. The molecule has 0 radical (unpaired) electrons. The Morgan fingerprint density at radius 3 is 2.64 bits per heavy atom. The van der Waals surface area contributed by atoms with Gasteiger partial charge in [0, 0.05) is 13.1 Å². The Morgan fingerprint density at radius 2 is 2.00 bits per heavy atom. The number of rotatable bonds is 3. The summed E-state index contributed by atoms with van der Waals surface area (Å²) >= 11 is 0. The van der Waals surface area contributed by atoms with E-state index >= 15 is 0 Å². The molecule has 0 spiro atoms. The van der Waals surface area contributed by atoms with Crippen LogP contribution in [0.25, 0.3) is 5.69 Å². The van der Waals surface area contributed by atoms with E-state index < -0.39 is 0 Å². The van der Waals surface area contributed by atoms with E-state index in [4.69, 9.17) is 5.73 Å². The summed E-state index contributed by atoms with van der Waals surface area (Å²) in [6, 6.07) is 8.12. The van der Waals surface area contributed by atoms with Crippen LogP contribution in [-0.2, 0) is 6.54 Å². The van der Waals surface area contributed by atoms with E-state index in [9.17, 15) is 0 Å². The summed E-state index contributed by atoms with van der Waals surface area (Å²) in [7, 11) is 0. The zero-order chi connectivity index (χ0) is 15.4. The van der Waals surface area contributed by atoms with Gasteiger partial charge in [-0.1, -0.05) is 19.1 Å². The lowest BCUT2D eigenvalue weighted by Crippen LogP contribution is -2.42. The van der Waals surface area contributed by atoms with Crippen molar-refractivity contribution < 1.29 is 0 Å². The molecule has 2 heterocycles. The van der Waals surface area contributed by atoms with Gasteiger partial charge in [-0.3, -0.25) is 0 Å². The fourth-order valence-corrected chi connectivity index (χ4v) is 2.61. The van der Waals surface area contributed by atoms with Crippen LogP contribution in [0.4, 0.5) is 0 Å². The summed E-state index contributed by atoms with van der Waals surface area (Å²) in [5.41, 5.74) is 8.23. The predicted molar refractivity (Wildman–Crippen MR) is 86.7 cm³/mol. The highest BCUT2D eigenvalue weighted by Crippen LogP contribution is 2.16. The van der Waals surface area contributed by atoms with Crippen molar-refractivity contribution in [1.29, 1.82) is 0 Å². The van der Waals surface area contributed by atoms with E-state index in [0.29, 0.717) is 12.5 Å². The maximum Gasteiger partial charge on any atom is 0.191 e. The maximum absolute atomic E-state index is 6.10. The van der Waals surface area contributed by atoms with E-state index in [1.807, 2.05) is 24.3 Å². The average molecular weight is 298 g/mol.